The average Bonchev–Trinajstić information content (AvgIpc) is 2.80. The lowest BCUT2D eigenvalue weighted by Crippen LogP contribution is -2.54. The van der Waals surface area contributed by atoms with Crippen molar-refractivity contribution in [2.45, 2.75) is 72.2 Å². The molecule has 1 aliphatic heterocycles. The number of rotatable bonds is 3. The van der Waals surface area contributed by atoms with E-state index in [1.54, 1.807) is 13.2 Å². The summed E-state index contributed by atoms with van der Waals surface area (Å²) in [5, 5.41) is 0. The molecular formula is C21H30O5. The van der Waals surface area contributed by atoms with Crippen molar-refractivity contribution in [1.29, 1.82) is 0 Å². The molecule has 5 atom stereocenters. The second-order valence-corrected chi connectivity index (χ2v) is 8.60. The molecule has 2 saturated carbocycles. The molecule has 0 bridgehead atoms. The van der Waals surface area contributed by atoms with Gasteiger partial charge in [0.05, 0.1) is 0 Å². The molecule has 26 heavy (non-hydrogen) atoms. The molecule has 5 nitrogen and oxygen atoms in total. The highest BCUT2D eigenvalue weighted by Crippen LogP contribution is 2.60. The number of carbonyl (C=O) groups is 2. The second-order valence-electron chi connectivity index (χ2n) is 8.60. The first-order chi connectivity index (χ1) is 12.1. The highest BCUT2D eigenvalue weighted by Gasteiger charge is 2.60. The van der Waals surface area contributed by atoms with Crippen LogP contribution < -0.4 is 0 Å². The summed E-state index contributed by atoms with van der Waals surface area (Å²) in [4.78, 5) is 24.3. The standard InChI is InChI=1S/C21H30O5/c1-12(2)9-18(22)25-17-8-7-15-10-21(24-6)16(13(3)19(23)26-21)11-20(15,5)14(17)4/h9,14-15,17H,7-8,10-11H2,1-6H3/t14-,15+,17-,20+,21+/m0/s1. The maximum absolute atomic E-state index is 12.2. The zero-order chi connectivity index (χ0) is 19.3. The minimum absolute atomic E-state index is 0.0548. The lowest BCUT2D eigenvalue weighted by Gasteiger charge is -2.55. The second kappa shape index (κ2) is 6.52. The summed E-state index contributed by atoms with van der Waals surface area (Å²) < 4.78 is 17.1. The molecule has 144 valence electrons. The lowest BCUT2D eigenvalue weighted by molar-refractivity contribution is -0.222. The van der Waals surface area contributed by atoms with Crippen LogP contribution in [0.25, 0.3) is 0 Å². The lowest BCUT2D eigenvalue weighted by atomic mass is 9.53. The van der Waals surface area contributed by atoms with Crippen LogP contribution in [0.4, 0.5) is 0 Å². The van der Waals surface area contributed by atoms with Crippen LogP contribution in [0.15, 0.2) is 22.8 Å². The third-order valence-corrected chi connectivity index (χ3v) is 6.88. The van der Waals surface area contributed by atoms with E-state index in [2.05, 4.69) is 13.8 Å². The molecule has 0 unspecified atom stereocenters. The van der Waals surface area contributed by atoms with E-state index in [1.807, 2.05) is 20.8 Å². The molecule has 1 heterocycles. The first-order valence-corrected chi connectivity index (χ1v) is 9.47. The summed E-state index contributed by atoms with van der Waals surface area (Å²) in [5.41, 5.74) is 2.52. The molecule has 5 heteroatoms. The van der Waals surface area contributed by atoms with Crippen LogP contribution in [0.1, 0.15) is 60.3 Å². The molecule has 0 aromatic rings. The predicted molar refractivity (Wildman–Crippen MR) is 97.1 cm³/mol. The Morgan fingerprint density at radius 2 is 2.00 bits per heavy atom. The molecule has 0 amide bonds. The third-order valence-electron chi connectivity index (χ3n) is 6.88. The summed E-state index contributed by atoms with van der Waals surface area (Å²) in [7, 11) is 1.62. The molecular weight excluding hydrogens is 332 g/mol. The van der Waals surface area contributed by atoms with Crippen LogP contribution in [-0.2, 0) is 23.8 Å². The van der Waals surface area contributed by atoms with Crippen molar-refractivity contribution in [3.8, 4) is 0 Å². The monoisotopic (exact) mass is 362 g/mol. The topological polar surface area (TPSA) is 61.8 Å². The Bertz CT molecular complexity index is 687. The highest BCUT2D eigenvalue weighted by molar-refractivity contribution is 5.92. The Labute approximate surface area is 155 Å². The van der Waals surface area contributed by atoms with Gasteiger partial charge in [-0.05, 0) is 57.3 Å². The normalized spacial score (nSPS) is 39.0. The van der Waals surface area contributed by atoms with E-state index >= 15 is 0 Å². The van der Waals surface area contributed by atoms with E-state index in [0.29, 0.717) is 17.9 Å². The van der Waals surface area contributed by atoms with Crippen LogP contribution >= 0.6 is 0 Å². The minimum atomic E-state index is -0.892. The largest absolute Gasteiger partial charge is 0.459 e. The fraction of sp³-hybridized carbons (Fsp3) is 0.714. The molecule has 3 rings (SSSR count). The number of ether oxygens (including phenoxy) is 3. The number of esters is 2. The maximum atomic E-state index is 12.2. The van der Waals surface area contributed by atoms with Crippen molar-refractivity contribution in [3.63, 3.8) is 0 Å². The van der Waals surface area contributed by atoms with Crippen molar-refractivity contribution in [1.82, 2.24) is 0 Å². The van der Waals surface area contributed by atoms with Crippen molar-refractivity contribution in [2.24, 2.45) is 17.3 Å². The van der Waals surface area contributed by atoms with Crippen LogP contribution in [0, 0.1) is 17.3 Å². The van der Waals surface area contributed by atoms with E-state index in [-0.39, 0.29) is 29.4 Å². The molecule has 0 radical (unpaired) electrons. The molecule has 0 spiro atoms. The van der Waals surface area contributed by atoms with Gasteiger partial charge in [-0.15, -0.1) is 0 Å². The van der Waals surface area contributed by atoms with Gasteiger partial charge in [-0.1, -0.05) is 19.4 Å². The van der Waals surface area contributed by atoms with Crippen molar-refractivity contribution >= 4 is 11.9 Å². The number of hydrogen-bond acceptors (Lipinski definition) is 5. The molecule has 0 aromatic heterocycles. The summed E-state index contributed by atoms with van der Waals surface area (Å²) in [6.07, 6.45) is 4.62. The fourth-order valence-corrected chi connectivity index (χ4v) is 5.04. The Balaban J connectivity index is 1.86. The molecule has 0 N–H and O–H groups in total. The fourth-order valence-electron chi connectivity index (χ4n) is 5.04. The highest BCUT2D eigenvalue weighted by atomic mass is 16.7. The molecule has 3 aliphatic rings. The van der Waals surface area contributed by atoms with Crippen LogP contribution in [0.3, 0.4) is 0 Å². The Morgan fingerprint density at radius 3 is 2.62 bits per heavy atom. The molecule has 0 aromatic carbocycles. The SMILES string of the molecule is CO[C@@]12C[C@H]3CC[C@H](OC(=O)C=C(C)C)[C@H](C)[C@@]3(C)CC1=C(C)C(=O)O2. The summed E-state index contributed by atoms with van der Waals surface area (Å²) in [5.74, 6) is -0.875. The van der Waals surface area contributed by atoms with Gasteiger partial charge < -0.3 is 14.2 Å². The van der Waals surface area contributed by atoms with E-state index in [4.69, 9.17) is 14.2 Å². The number of allylic oxidation sites excluding steroid dienone is 1. The average molecular weight is 362 g/mol. The quantitative estimate of drug-likeness (QED) is 0.562. The zero-order valence-corrected chi connectivity index (χ0v) is 16.7. The van der Waals surface area contributed by atoms with Gasteiger partial charge in [-0.2, -0.15) is 0 Å². The van der Waals surface area contributed by atoms with E-state index in [0.717, 1.165) is 30.4 Å². The van der Waals surface area contributed by atoms with Crippen LogP contribution in [0.5, 0.6) is 0 Å². The van der Waals surface area contributed by atoms with Crippen LogP contribution in [0.2, 0.25) is 0 Å². The first kappa shape index (κ1) is 19.2. The Hall–Kier alpha value is -1.62. The van der Waals surface area contributed by atoms with Gasteiger partial charge in [-0.25, -0.2) is 9.59 Å². The summed E-state index contributed by atoms with van der Waals surface area (Å²) in [6, 6.07) is 0. The number of methoxy groups -OCH3 is 1. The van der Waals surface area contributed by atoms with E-state index < -0.39 is 5.79 Å². The van der Waals surface area contributed by atoms with Gasteiger partial charge in [0.25, 0.3) is 0 Å². The van der Waals surface area contributed by atoms with Crippen molar-refractivity contribution in [2.75, 3.05) is 7.11 Å². The maximum Gasteiger partial charge on any atom is 0.336 e. The number of carbonyl (C=O) groups excluding carboxylic acids is 2. The van der Waals surface area contributed by atoms with Gasteiger partial charge in [0.1, 0.15) is 6.10 Å². The predicted octanol–water partition coefficient (Wildman–Crippen LogP) is 3.93. The minimum Gasteiger partial charge on any atom is -0.459 e. The van der Waals surface area contributed by atoms with Crippen molar-refractivity contribution < 1.29 is 23.8 Å². The zero-order valence-electron chi connectivity index (χ0n) is 16.7. The molecule has 0 saturated heterocycles. The number of fused-ring (bicyclic) bond motifs is 2. The third kappa shape index (κ3) is 2.90. The Morgan fingerprint density at radius 1 is 1.31 bits per heavy atom. The first-order valence-electron chi connectivity index (χ1n) is 9.47. The van der Waals surface area contributed by atoms with E-state index in [1.165, 1.54) is 0 Å². The van der Waals surface area contributed by atoms with Gasteiger partial charge >= 0.3 is 11.9 Å². The van der Waals surface area contributed by atoms with Gasteiger partial charge in [0, 0.05) is 30.8 Å². The summed E-state index contributed by atoms with van der Waals surface area (Å²) in [6.45, 7) is 10.0. The molecule has 2 aliphatic carbocycles. The smallest absolute Gasteiger partial charge is 0.336 e. The number of hydrogen-bond donors (Lipinski definition) is 0. The van der Waals surface area contributed by atoms with Crippen molar-refractivity contribution in [3.05, 3.63) is 22.8 Å². The van der Waals surface area contributed by atoms with Gasteiger partial charge in [-0.3, -0.25) is 0 Å². The Kier molecular flexibility index (Phi) is 4.80. The summed E-state index contributed by atoms with van der Waals surface area (Å²) >= 11 is 0. The van der Waals surface area contributed by atoms with Gasteiger partial charge in [0.15, 0.2) is 0 Å². The van der Waals surface area contributed by atoms with E-state index in [9.17, 15) is 9.59 Å². The van der Waals surface area contributed by atoms with Gasteiger partial charge in [0.2, 0.25) is 5.79 Å². The molecule has 2 fully saturated rings. The van der Waals surface area contributed by atoms with Crippen LogP contribution in [-0.4, -0.2) is 30.9 Å².